The largest absolute Gasteiger partial charge is 0.399 e. The van der Waals surface area contributed by atoms with Crippen LogP contribution in [0, 0.1) is 0 Å². The number of halogens is 1. The Morgan fingerprint density at radius 3 is 2.61 bits per heavy atom. The summed E-state index contributed by atoms with van der Waals surface area (Å²) in [6, 6.07) is 13.2. The van der Waals surface area contributed by atoms with Crippen LogP contribution >= 0.6 is 11.6 Å². The second-order valence-corrected chi connectivity index (χ2v) is 6.23. The van der Waals surface area contributed by atoms with Crippen LogP contribution < -0.4 is 5.73 Å². The van der Waals surface area contributed by atoms with Gasteiger partial charge in [0.2, 0.25) is 5.91 Å². The molecule has 3 rings (SSSR count). The molecule has 5 heteroatoms. The summed E-state index contributed by atoms with van der Waals surface area (Å²) < 4.78 is 0. The van der Waals surface area contributed by atoms with E-state index in [-0.39, 0.29) is 11.9 Å². The minimum atomic E-state index is -0.0793. The highest BCUT2D eigenvalue weighted by Crippen LogP contribution is 2.26. The fourth-order valence-electron chi connectivity index (χ4n) is 2.86. The average Bonchev–Trinajstić information content (AvgIpc) is 2.64. The number of hydrazone groups is 1. The summed E-state index contributed by atoms with van der Waals surface area (Å²) >= 11 is 6.15. The lowest BCUT2D eigenvalue weighted by atomic mass is 9.94. The van der Waals surface area contributed by atoms with Gasteiger partial charge >= 0.3 is 0 Å². The van der Waals surface area contributed by atoms with Gasteiger partial charge in [-0.25, -0.2) is 5.01 Å². The van der Waals surface area contributed by atoms with Gasteiger partial charge in [0.25, 0.3) is 0 Å². The molecule has 1 aliphatic rings. The van der Waals surface area contributed by atoms with Crippen LogP contribution in [0.15, 0.2) is 47.6 Å². The molecule has 1 atom stereocenters. The number of benzene rings is 2. The first-order chi connectivity index (χ1) is 11.0. The zero-order chi connectivity index (χ0) is 16.6. The molecule has 0 fully saturated rings. The molecular weight excluding hydrogens is 310 g/mol. The van der Waals surface area contributed by atoms with Gasteiger partial charge in [0.15, 0.2) is 0 Å². The molecule has 0 saturated carbocycles. The zero-order valence-corrected chi connectivity index (χ0v) is 13.8. The van der Waals surface area contributed by atoms with Crippen molar-refractivity contribution in [3.8, 4) is 0 Å². The molecule has 118 valence electrons. The molecule has 0 saturated heterocycles. The Labute approximate surface area is 140 Å². The smallest absolute Gasteiger partial charge is 0.239 e. The van der Waals surface area contributed by atoms with E-state index in [0.717, 1.165) is 22.4 Å². The second-order valence-electron chi connectivity index (χ2n) is 5.79. The van der Waals surface area contributed by atoms with Crippen LogP contribution in [0.1, 0.15) is 30.5 Å². The number of carbonyl (C=O) groups excluding carboxylic acids is 1. The van der Waals surface area contributed by atoms with Crippen LogP contribution in [0.5, 0.6) is 0 Å². The maximum atomic E-state index is 12.0. The molecule has 1 unspecified atom stereocenters. The molecule has 0 radical (unpaired) electrons. The minimum absolute atomic E-state index is 0.0315. The van der Waals surface area contributed by atoms with Crippen LogP contribution in [0.4, 0.5) is 5.69 Å². The summed E-state index contributed by atoms with van der Waals surface area (Å²) in [7, 11) is 0. The zero-order valence-electron chi connectivity index (χ0n) is 13.1. The van der Waals surface area contributed by atoms with Crippen molar-refractivity contribution in [2.75, 3.05) is 5.73 Å². The van der Waals surface area contributed by atoms with Crippen LogP contribution in [0.2, 0.25) is 5.02 Å². The SMILES string of the molecule is CC(=O)N1N=C(c2ccc(N)cc2)c2ccc(Cl)cc2CC1C. The number of carbonyl (C=O) groups is 1. The molecule has 2 N–H and O–H groups in total. The molecule has 2 aromatic carbocycles. The van der Waals surface area contributed by atoms with E-state index in [1.807, 2.05) is 49.4 Å². The highest BCUT2D eigenvalue weighted by molar-refractivity contribution is 6.31. The Balaban J connectivity index is 2.20. The third-order valence-corrected chi connectivity index (χ3v) is 4.20. The standard InChI is InChI=1S/C18H18ClN3O/c1-11-9-14-10-15(19)5-8-17(14)18(21-22(11)12(2)23)13-3-6-16(20)7-4-13/h3-8,10-11H,9,20H2,1-2H3. The quantitative estimate of drug-likeness (QED) is 0.815. The van der Waals surface area contributed by atoms with Crippen molar-refractivity contribution in [3.05, 3.63) is 64.2 Å². The summed E-state index contributed by atoms with van der Waals surface area (Å²) in [5, 5.41) is 6.87. The average molecular weight is 328 g/mol. The van der Waals surface area contributed by atoms with Gasteiger partial charge in [-0.2, -0.15) is 5.10 Å². The van der Waals surface area contributed by atoms with E-state index in [2.05, 4.69) is 5.10 Å². The number of nitrogens with zero attached hydrogens (tertiary/aromatic N) is 2. The first-order valence-electron chi connectivity index (χ1n) is 7.49. The van der Waals surface area contributed by atoms with Gasteiger partial charge < -0.3 is 5.73 Å². The van der Waals surface area contributed by atoms with Crippen molar-refractivity contribution in [2.24, 2.45) is 5.10 Å². The van der Waals surface area contributed by atoms with E-state index in [0.29, 0.717) is 17.1 Å². The van der Waals surface area contributed by atoms with Gasteiger partial charge in [0, 0.05) is 28.8 Å². The number of nitrogens with two attached hydrogens (primary N) is 1. The second kappa shape index (κ2) is 6.05. The van der Waals surface area contributed by atoms with Crippen LogP contribution in [0.25, 0.3) is 0 Å². The number of fused-ring (bicyclic) bond motifs is 1. The minimum Gasteiger partial charge on any atom is -0.399 e. The van der Waals surface area contributed by atoms with Crippen molar-refractivity contribution in [1.82, 2.24) is 5.01 Å². The van der Waals surface area contributed by atoms with E-state index >= 15 is 0 Å². The number of amides is 1. The van der Waals surface area contributed by atoms with Crippen LogP contribution in [0.3, 0.4) is 0 Å². The van der Waals surface area contributed by atoms with Crippen molar-refractivity contribution >= 4 is 28.9 Å². The number of hydrogen-bond donors (Lipinski definition) is 1. The van der Waals surface area contributed by atoms with Crippen molar-refractivity contribution in [2.45, 2.75) is 26.3 Å². The van der Waals surface area contributed by atoms with Crippen molar-refractivity contribution < 1.29 is 4.79 Å². The highest BCUT2D eigenvalue weighted by Gasteiger charge is 2.25. The van der Waals surface area contributed by atoms with E-state index in [1.165, 1.54) is 6.92 Å². The Morgan fingerprint density at radius 1 is 1.26 bits per heavy atom. The number of hydrogen-bond acceptors (Lipinski definition) is 3. The third kappa shape index (κ3) is 3.08. The first-order valence-corrected chi connectivity index (χ1v) is 7.86. The van der Waals surface area contributed by atoms with E-state index in [9.17, 15) is 4.79 Å². The van der Waals surface area contributed by atoms with E-state index < -0.39 is 0 Å². The molecule has 1 heterocycles. The highest BCUT2D eigenvalue weighted by atomic mass is 35.5. The summed E-state index contributed by atoms with van der Waals surface area (Å²) in [6.45, 7) is 3.52. The van der Waals surface area contributed by atoms with Gasteiger partial charge in [-0.1, -0.05) is 29.8 Å². The number of nitrogen functional groups attached to an aromatic ring is 1. The summed E-state index contributed by atoms with van der Waals surface area (Å²) in [6.07, 6.45) is 0.706. The van der Waals surface area contributed by atoms with Gasteiger partial charge in [-0.15, -0.1) is 0 Å². The number of rotatable bonds is 1. The molecule has 0 bridgehead atoms. The normalized spacial score (nSPS) is 17.3. The predicted molar refractivity (Wildman–Crippen MR) is 93.6 cm³/mol. The molecule has 2 aromatic rings. The molecule has 1 aliphatic heterocycles. The number of anilines is 1. The Kier molecular flexibility index (Phi) is 4.09. The summed E-state index contributed by atoms with van der Waals surface area (Å²) in [5.74, 6) is -0.0793. The fraction of sp³-hybridized carbons (Fsp3) is 0.222. The Morgan fingerprint density at radius 2 is 1.96 bits per heavy atom. The molecular formula is C18H18ClN3O. The van der Waals surface area contributed by atoms with Gasteiger partial charge in [-0.05, 0) is 43.2 Å². The van der Waals surface area contributed by atoms with E-state index in [1.54, 1.807) is 5.01 Å². The maximum absolute atomic E-state index is 12.0. The molecule has 0 aliphatic carbocycles. The molecule has 0 aromatic heterocycles. The molecule has 23 heavy (non-hydrogen) atoms. The lowest BCUT2D eigenvalue weighted by Gasteiger charge is -2.21. The van der Waals surface area contributed by atoms with Crippen LogP contribution in [-0.2, 0) is 11.2 Å². The van der Waals surface area contributed by atoms with Gasteiger partial charge in [0.05, 0.1) is 11.8 Å². The topological polar surface area (TPSA) is 58.7 Å². The molecule has 0 spiro atoms. The lowest BCUT2D eigenvalue weighted by Crippen LogP contribution is -2.33. The lowest BCUT2D eigenvalue weighted by molar-refractivity contribution is -0.130. The monoisotopic (exact) mass is 327 g/mol. The third-order valence-electron chi connectivity index (χ3n) is 3.97. The van der Waals surface area contributed by atoms with Gasteiger partial charge in [-0.3, -0.25) is 4.79 Å². The molecule has 4 nitrogen and oxygen atoms in total. The summed E-state index contributed by atoms with van der Waals surface area (Å²) in [5.41, 5.74) is 10.2. The fourth-order valence-corrected chi connectivity index (χ4v) is 3.06. The summed E-state index contributed by atoms with van der Waals surface area (Å²) in [4.78, 5) is 12.0. The predicted octanol–water partition coefficient (Wildman–Crippen LogP) is 3.47. The molecule has 1 amide bonds. The van der Waals surface area contributed by atoms with Crippen LogP contribution in [-0.4, -0.2) is 22.7 Å². The first kappa shape index (κ1) is 15.6. The van der Waals surface area contributed by atoms with Crippen molar-refractivity contribution in [3.63, 3.8) is 0 Å². The Hall–Kier alpha value is -2.33. The Bertz CT molecular complexity index is 783. The van der Waals surface area contributed by atoms with E-state index in [4.69, 9.17) is 17.3 Å². The van der Waals surface area contributed by atoms with Gasteiger partial charge in [0.1, 0.15) is 0 Å². The van der Waals surface area contributed by atoms with Crippen molar-refractivity contribution in [1.29, 1.82) is 0 Å². The maximum Gasteiger partial charge on any atom is 0.239 e.